The number of thiazole rings is 1. The number of carboxylic acid groups (broad SMARTS) is 1. The summed E-state index contributed by atoms with van der Waals surface area (Å²) in [6.45, 7) is 3.89. The van der Waals surface area contributed by atoms with E-state index in [1.807, 2.05) is 48.5 Å². The molecule has 2 N–H and O–H groups in total. The van der Waals surface area contributed by atoms with E-state index >= 15 is 0 Å². The number of likely N-dealkylation sites (tertiary alicyclic amines) is 1. The highest BCUT2D eigenvalue weighted by atomic mass is 32.2. The van der Waals surface area contributed by atoms with Crippen molar-refractivity contribution in [3.05, 3.63) is 80.3 Å². The molecule has 0 radical (unpaired) electrons. The van der Waals surface area contributed by atoms with Gasteiger partial charge in [0.1, 0.15) is 18.4 Å². The standard InChI is InChI=1S/C31H30N2O6S2/c1-14(2)24(30(36)37)33-28(34)22-18-12-19(23(22)29(33)35)25-21(18)20(26-27(40-25)32-31(38)41-26)16-9-6-10-17(11-16)39-13-15-7-4-3-5-8-15/h3-11,14,18-25H,12-13H2,1-2H3,(H,32,38)(H,36,37). The summed E-state index contributed by atoms with van der Waals surface area (Å²) >= 11 is 2.83. The molecule has 8 unspecified atom stereocenters. The third kappa shape index (κ3) is 4.09. The Morgan fingerprint density at radius 2 is 1.78 bits per heavy atom. The van der Waals surface area contributed by atoms with Crippen molar-refractivity contribution in [2.75, 3.05) is 0 Å². The van der Waals surface area contributed by atoms with Crippen LogP contribution in [-0.4, -0.2) is 44.1 Å². The van der Waals surface area contributed by atoms with Gasteiger partial charge in [-0.25, -0.2) is 4.79 Å². The summed E-state index contributed by atoms with van der Waals surface area (Å²) in [5, 5.41) is 10.8. The average molecular weight is 591 g/mol. The summed E-state index contributed by atoms with van der Waals surface area (Å²) in [5.41, 5.74) is 2.08. The summed E-state index contributed by atoms with van der Waals surface area (Å²) in [6, 6.07) is 16.8. The largest absolute Gasteiger partial charge is 0.489 e. The first-order chi connectivity index (χ1) is 19.7. The Hall–Kier alpha value is -3.37. The second kappa shape index (κ2) is 9.87. The molecule has 0 spiro atoms. The quantitative estimate of drug-likeness (QED) is 0.387. The number of carbonyl (C=O) groups is 3. The number of nitrogens with zero attached hydrogens (tertiary/aromatic N) is 1. The highest BCUT2D eigenvalue weighted by molar-refractivity contribution is 8.00. The van der Waals surface area contributed by atoms with Crippen LogP contribution in [0, 0.1) is 35.5 Å². The highest BCUT2D eigenvalue weighted by Crippen LogP contribution is 2.68. The lowest BCUT2D eigenvalue weighted by Gasteiger charge is -2.43. The molecular formula is C31H30N2O6S2. The van der Waals surface area contributed by atoms with E-state index in [2.05, 4.69) is 11.1 Å². The molecule has 2 bridgehead atoms. The SMILES string of the molecule is CC(C)C(C(=O)O)N1C(=O)C2C3CC(C2C1=O)C1C(c2cccc(OCc4ccccc4)c2)c2sc(=O)[nH]c2SC31. The maximum absolute atomic E-state index is 13.8. The van der Waals surface area contributed by atoms with Gasteiger partial charge < -0.3 is 14.8 Å². The molecule has 4 aliphatic rings. The van der Waals surface area contributed by atoms with Gasteiger partial charge in [-0.2, -0.15) is 0 Å². The Labute approximate surface area is 245 Å². The van der Waals surface area contributed by atoms with Crippen LogP contribution in [0.25, 0.3) is 0 Å². The van der Waals surface area contributed by atoms with Crippen LogP contribution in [0.2, 0.25) is 0 Å². The molecule has 2 aliphatic carbocycles. The summed E-state index contributed by atoms with van der Waals surface area (Å²) in [6.07, 6.45) is 0.752. The molecule has 212 valence electrons. The summed E-state index contributed by atoms with van der Waals surface area (Å²) in [5.74, 6) is -2.75. The Morgan fingerprint density at radius 1 is 1.05 bits per heavy atom. The molecule has 2 amide bonds. The molecule has 3 aromatic rings. The molecule has 8 nitrogen and oxygen atoms in total. The Morgan fingerprint density at radius 3 is 2.49 bits per heavy atom. The van der Waals surface area contributed by atoms with Crippen LogP contribution in [0.4, 0.5) is 0 Å². The van der Waals surface area contributed by atoms with E-state index in [9.17, 15) is 24.3 Å². The van der Waals surface area contributed by atoms with Crippen LogP contribution in [0.15, 0.2) is 64.4 Å². The minimum Gasteiger partial charge on any atom is -0.489 e. The lowest BCUT2D eigenvalue weighted by molar-refractivity contribution is -0.157. The molecule has 1 saturated heterocycles. The van der Waals surface area contributed by atoms with Gasteiger partial charge in [0.2, 0.25) is 11.8 Å². The first-order valence-electron chi connectivity index (χ1n) is 14.0. The zero-order chi connectivity index (χ0) is 28.6. The molecule has 41 heavy (non-hydrogen) atoms. The number of fused-ring (bicyclic) bond motifs is 9. The fourth-order valence-corrected chi connectivity index (χ4v) is 10.8. The van der Waals surface area contributed by atoms with E-state index < -0.39 is 29.8 Å². The molecule has 2 aromatic carbocycles. The fraction of sp³-hybridized carbons (Fsp3) is 0.419. The van der Waals surface area contributed by atoms with Crippen molar-refractivity contribution in [3.8, 4) is 5.75 Å². The Kier molecular flexibility index (Phi) is 6.39. The van der Waals surface area contributed by atoms with Gasteiger partial charge in [-0.1, -0.05) is 67.6 Å². The fourth-order valence-electron chi connectivity index (χ4n) is 7.92. The number of rotatable bonds is 7. The van der Waals surface area contributed by atoms with Crippen LogP contribution < -0.4 is 9.61 Å². The minimum atomic E-state index is -1.16. The molecule has 3 heterocycles. The van der Waals surface area contributed by atoms with Crippen molar-refractivity contribution in [3.63, 3.8) is 0 Å². The maximum atomic E-state index is 13.8. The zero-order valence-electron chi connectivity index (χ0n) is 22.6. The smallest absolute Gasteiger partial charge is 0.327 e. The van der Waals surface area contributed by atoms with Crippen molar-refractivity contribution >= 4 is 40.9 Å². The van der Waals surface area contributed by atoms with Gasteiger partial charge in [0, 0.05) is 16.0 Å². The van der Waals surface area contributed by atoms with Crippen LogP contribution in [0.5, 0.6) is 5.75 Å². The number of carbonyl (C=O) groups excluding carboxylic acids is 2. The van der Waals surface area contributed by atoms with Gasteiger partial charge in [0.25, 0.3) is 0 Å². The molecule has 7 rings (SSSR count). The normalized spacial score (nSPS) is 30.3. The molecule has 3 fully saturated rings. The predicted octanol–water partition coefficient (Wildman–Crippen LogP) is 4.60. The van der Waals surface area contributed by atoms with Crippen LogP contribution in [-0.2, 0) is 21.0 Å². The molecular weight excluding hydrogens is 560 g/mol. The van der Waals surface area contributed by atoms with Gasteiger partial charge in [0.05, 0.1) is 16.9 Å². The number of aromatic amines is 1. The highest BCUT2D eigenvalue weighted by Gasteiger charge is 2.70. The number of aliphatic carboxylic acids is 1. The number of nitrogens with one attached hydrogen (secondary N) is 1. The Balaban J connectivity index is 1.25. The van der Waals surface area contributed by atoms with Gasteiger partial charge >= 0.3 is 10.8 Å². The van der Waals surface area contributed by atoms with Gasteiger partial charge in [-0.15, -0.1) is 11.8 Å². The van der Waals surface area contributed by atoms with Gasteiger partial charge in [-0.05, 0) is 53.4 Å². The summed E-state index contributed by atoms with van der Waals surface area (Å²) in [7, 11) is 0. The minimum absolute atomic E-state index is 0.0357. The second-order valence-corrected chi connectivity index (χ2v) is 14.1. The Bertz CT molecular complexity index is 1600. The van der Waals surface area contributed by atoms with Crippen LogP contribution in [0.3, 0.4) is 0 Å². The van der Waals surface area contributed by atoms with E-state index in [0.29, 0.717) is 6.61 Å². The number of carboxylic acids is 1. The van der Waals surface area contributed by atoms with Gasteiger partial charge in [0.15, 0.2) is 0 Å². The van der Waals surface area contributed by atoms with E-state index in [4.69, 9.17) is 4.74 Å². The van der Waals surface area contributed by atoms with Crippen molar-refractivity contribution in [2.24, 2.45) is 35.5 Å². The zero-order valence-corrected chi connectivity index (χ0v) is 24.2. The number of hydrogen-bond donors (Lipinski definition) is 2. The third-order valence-electron chi connectivity index (χ3n) is 9.39. The van der Waals surface area contributed by atoms with E-state index in [1.165, 1.54) is 11.3 Å². The maximum Gasteiger partial charge on any atom is 0.327 e. The molecule has 10 heteroatoms. The number of thioether (sulfide) groups is 1. The van der Waals surface area contributed by atoms with E-state index in [-0.39, 0.29) is 45.6 Å². The topological polar surface area (TPSA) is 117 Å². The van der Waals surface area contributed by atoms with Crippen molar-refractivity contribution in [1.29, 1.82) is 0 Å². The van der Waals surface area contributed by atoms with Crippen molar-refractivity contribution < 1.29 is 24.2 Å². The predicted molar refractivity (Wildman–Crippen MR) is 154 cm³/mol. The molecule has 8 atom stereocenters. The molecule has 2 aliphatic heterocycles. The van der Waals surface area contributed by atoms with E-state index in [0.717, 1.165) is 38.1 Å². The number of aromatic nitrogens is 1. The molecule has 2 saturated carbocycles. The van der Waals surface area contributed by atoms with Gasteiger partial charge in [-0.3, -0.25) is 19.3 Å². The van der Waals surface area contributed by atoms with Crippen LogP contribution in [0.1, 0.15) is 42.2 Å². The second-order valence-electron chi connectivity index (χ2n) is 11.9. The number of benzene rings is 2. The monoisotopic (exact) mass is 590 g/mol. The first-order valence-corrected chi connectivity index (χ1v) is 15.7. The third-order valence-corrected chi connectivity index (χ3v) is 12.0. The average Bonchev–Trinajstić information content (AvgIpc) is 3.68. The van der Waals surface area contributed by atoms with Crippen molar-refractivity contribution in [1.82, 2.24) is 9.88 Å². The first kappa shape index (κ1) is 26.5. The van der Waals surface area contributed by atoms with E-state index in [1.54, 1.807) is 25.6 Å². The summed E-state index contributed by atoms with van der Waals surface area (Å²) in [4.78, 5) is 57.2. The summed E-state index contributed by atoms with van der Waals surface area (Å²) < 4.78 is 6.14. The van der Waals surface area contributed by atoms with Crippen molar-refractivity contribution in [2.45, 2.75) is 49.1 Å². The number of ether oxygens (including phenoxy) is 1. The number of hydrogen-bond acceptors (Lipinski definition) is 7. The van der Waals surface area contributed by atoms with Crippen LogP contribution >= 0.6 is 23.1 Å². The number of H-pyrrole nitrogens is 1. The number of imide groups is 1. The lowest BCUT2D eigenvalue weighted by atomic mass is 9.68. The number of amides is 2. The lowest BCUT2D eigenvalue weighted by Crippen LogP contribution is -2.49. The molecule has 1 aromatic heterocycles.